The molecule has 4 rings (SSSR count). The number of benzene rings is 2. The zero-order chi connectivity index (χ0) is 20.2. The van der Waals surface area contributed by atoms with Gasteiger partial charge in [0.25, 0.3) is 5.91 Å². The number of halogens is 2. The highest BCUT2D eigenvalue weighted by atomic mass is 35.5. The second-order valence-corrected chi connectivity index (χ2v) is 7.47. The molecule has 0 saturated carbocycles. The molecule has 0 radical (unpaired) electrons. The summed E-state index contributed by atoms with van der Waals surface area (Å²) in [5.74, 6) is -1.03. The number of pyridine rings is 1. The quantitative estimate of drug-likeness (QED) is 0.598. The fraction of sp³-hybridized carbons (Fsp3) is 0.217. The van der Waals surface area contributed by atoms with Crippen LogP contribution in [0.4, 0.5) is 4.39 Å². The molecule has 2 heterocycles. The normalized spacial score (nSPS) is 15.9. The summed E-state index contributed by atoms with van der Waals surface area (Å²) in [6.07, 6.45) is 1.35. The van der Waals surface area contributed by atoms with Crippen LogP contribution in [0.25, 0.3) is 0 Å². The molecule has 1 fully saturated rings. The van der Waals surface area contributed by atoms with Gasteiger partial charge >= 0.3 is 0 Å². The lowest BCUT2D eigenvalue weighted by Crippen LogP contribution is -2.50. The van der Waals surface area contributed by atoms with Crippen LogP contribution in [0.3, 0.4) is 0 Å². The highest BCUT2D eigenvalue weighted by Crippen LogP contribution is 2.30. The lowest BCUT2D eigenvalue weighted by Gasteiger charge is -2.39. The first-order valence-corrected chi connectivity index (χ1v) is 9.95. The lowest BCUT2D eigenvalue weighted by atomic mass is 9.96. The Morgan fingerprint density at radius 3 is 2.21 bits per heavy atom. The molecular weight excluding hydrogens is 389 g/mol. The van der Waals surface area contributed by atoms with Crippen LogP contribution in [0.5, 0.6) is 0 Å². The number of hydrogen-bond acceptors (Lipinski definition) is 3. The SMILES string of the molecule is O=C(c1cccnc1F)N1CCN(C(c2ccccc2)c2ccc(Cl)cc2)CC1. The maximum atomic E-state index is 13.9. The Labute approximate surface area is 174 Å². The van der Waals surface area contributed by atoms with Gasteiger partial charge in [-0.2, -0.15) is 4.39 Å². The summed E-state index contributed by atoms with van der Waals surface area (Å²) in [6.45, 7) is 2.44. The maximum Gasteiger partial charge on any atom is 0.258 e. The fourth-order valence-corrected chi connectivity index (χ4v) is 3.92. The van der Waals surface area contributed by atoms with Gasteiger partial charge in [-0.05, 0) is 35.4 Å². The maximum absolute atomic E-state index is 13.9. The second kappa shape index (κ2) is 8.72. The summed E-state index contributed by atoms with van der Waals surface area (Å²) < 4.78 is 13.9. The van der Waals surface area contributed by atoms with Gasteiger partial charge in [-0.1, -0.05) is 54.1 Å². The van der Waals surface area contributed by atoms with Crippen molar-refractivity contribution in [2.75, 3.05) is 26.2 Å². The van der Waals surface area contributed by atoms with Gasteiger partial charge in [0, 0.05) is 37.4 Å². The van der Waals surface area contributed by atoms with Crippen LogP contribution in [-0.4, -0.2) is 46.9 Å². The Morgan fingerprint density at radius 1 is 0.897 bits per heavy atom. The Kier molecular flexibility index (Phi) is 5.88. The van der Waals surface area contributed by atoms with Gasteiger partial charge in [0.2, 0.25) is 5.95 Å². The first-order chi connectivity index (χ1) is 14.1. The van der Waals surface area contributed by atoms with Crippen LogP contribution in [0, 0.1) is 5.95 Å². The van der Waals surface area contributed by atoms with Gasteiger partial charge in [0.1, 0.15) is 0 Å². The number of rotatable bonds is 4. The van der Waals surface area contributed by atoms with E-state index < -0.39 is 5.95 Å². The number of aromatic nitrogens is 1. The third kappa shape index (κ3) is 4.31. The lowest BCUT2D eigenvalue weighted by molar-refractivity contribution is 0.0592. The summed E-state index contributed by atoms with van der Waals surface area (Å²) in [6, 6.07) is 21.3. The van der Waals surface area contributed by atoms with Gasteiger partial charge in [-0.25, -0.2) is 4.98 Å². The minimum absolute atomic E-state index is 0.0262. The van der Waals surface area contributed by atoms with Gasteiger partial charge in [0.15, 0.2) is 0 Å². The molecule has 2 aromatic carbocycles. The number of amides is 1. The molecular formula is C23H21ClFN3O. The standard InChI is InChI=1S/C23H21ClFN3O/c24-19-10-8-18(9-11-19)21(17-5-2-1-3-6-17)27-13-15-28(16-14-27)23(29)20-7-4-12-26-22(20)25/h1-12,21H,13-16H2. The molecule has 1 amide bonds. The van der Waals surface area contributed by atoms with Crippen molar-refractivity contribution >= 4 is 17.5 Å². The van der Waals surface area contributed by atoms with Gasteiger partial charge < -0.3 is 4.90 Å². The molecule has 4 nitrogen and oxygen atoms in total. The van der Waals surface area contributed by atoms with Crippen LogP contribution in [0.15, 0.2) is 72.9 Å². The summed E-state index contributed by atoms with van der Waals surface area (Å²) in [5.41, 5.74) is 2.37. The molecule has 0 aliphatic carbocycles. The molecule has 0 spiro atoms. The number of nitrogens with zero attached hydrogens (tertiary/aromatic N) is 3. The molecule has 1 saturated heterocycles. The topological polar surface area (TPSA) is 36.4 Å². The number of carbonyl (C=O) groups excluding carboxylic acids is 1. The van der Waals surface area contributed by atoms with Crippen molar-refractivity contribution in [1.29, 1.82) is 0 Å². The molecule has 0 bridgehead atoms. The van der Waals surface area contributed by atoms with Crippen LogP contribution in [0.2, 0.25) is 5.02 Å². The predicted octanol–water partition coefficient (Wildman–Crippen LogP) is 4.42. The minimum Gasteiger partial charge on any atom is -0.336 e. The molecule has 1 aromatic heterocycles. The molecule has 0 N–H and O–H groups in total. The molecule has 148 valence electrons. The summed E-state index contributed by atoms with van der Waals surface area (Å²) in [7, 11) is 0. The van der Waals surface area contributed by atoms with E-state index in [0.717, 1.165) is 5.56 Å². The van der Waals surface area contributed by atoms with Crippen LogP contribution >= 0.6 is 11.6 Å². The molecule has 3 aromatic rings. The third-order valence-electron chi connectivity index (χ3n) is 5.26. The summed E-state index contributed by atoms with van der Waals surface area (Å²) in [5, 5.41) is 0.703. The zero-order valence-electron chi connectivity index (χ0n) is 15.8. The predicted molar refractivity (Wildman–Crippen MR) is 111 cm³/mol. The van der Waals surface area contributed by atoms with Crippen LogP contribution < -0.4 is 0 Å². The molecule has 6 heteroatoms. The Balaban J connectivity index is 1.53. The van der Waals surface area contributed by atoms with Crippen molar-refractivity contribution < 1.29 is 9.18 Å². The van der Waals surface area contributed by atoms with Crippen molar-refractivity contribution in [3.05, 3.63) is 101 Å². The van der Waals surface area contributed by atoms with Crippen molar-refractivity contribution in [3.63, 3.8) is 0 Å². The van der Waals surface area contributed by atoms with Crippen LogP contribution in [-0.2, 0) is 0 Å². The Bertz CT molecular complexity index is 973. The first kappa shape index (κ1) is 19.6. The first-order valence-electron chi connectivity index (χ1n) is 9.58. The van der Waals surface area contributed by atoms with E-state index in [4.69, 9.17) is 11.6 Å². The van der Waals surface area contributed by atoms with Crippen molar-refractivity contribution in [1.82, 2.24) is 14.8 Å². The Morgan fingerprint density at radius 2 is 1.55 bits per heavy atom. The van der Waals surface area contributed by atoms with E-state index in [1.807, 2.05) is 42.5 Å². The molecule has 1 aliphatic rings. The fourth-order valence-electron chi connectivity index (χ4n) is 3.79. The molecule has 29 heavy (non-hydrogen) atoms. The summed E-state index contributed by atoms with van der Waals surface area (Å²) in [4.78, 5) is 20.3. The monoisotopic (exact) mass is 409 g/mol. The molecule has 1 unspecified atom stereocenters. The van der Waals surface area contributed by atoms with Gasteiger partial charge in [-0.15, -0.1) is 0 Å². The average molecular weight is 410 g/mol. The average Bonchev–Trinajstić information content (AvgIpc) is 2.76. The van der Waals surface area contributed by atoms with E-state index in [0.29, 0.717) is 31.2 Å². The zero-order valence-corrected chi connectivity index (χ0v) is 16.6. The number of carbonyl (C=O) groups is 1. The molecule has 1 aliphatic heterocycles. The van der Waals surface area contributed by atoms with E-state index >= 15 is 0 Å². The second-order valence-electron chi connectivity index (χ2n) is 7.03. The van der Waals surface area contributed by atoms with E-state index in [9.17, 15) is 9.18 Å². The van der Waals surface area contributed by atoms with E-state index in [1.54, 1.807) is 11.0 Å². The smallest absolute Gasteiger partial charge is 0.258 e. The van der Waals surface area contributed by atoms with Crippen molar-refractivity contribution in [3.8, 4) is 0 Å². The highest BCUT2D eigenvalue weighted by Gasteiger charge is 2.29. The van der Waals surface area contributed by atoms with Crippen LogP contribution in [0.1, 0.15) is 27.5 Å². The van der Waals surface area contributed by atoms with E-state index in [-0.39, 0.29) is 17.5 Å². The van der Waals surface area contributed by atoms with E-state index in [1.165, 1.54) is 17.8 Å². The number of piperazine rings is 1. The van der Waals surface area contributed by atoms with E-state index in [2.05, 4.69) is 22.0 Å². The third-order valence-corrected chi connectivity index (χ3v) is 5.51. The highest BCUT2D eigenvalue weighted by molar-refractivity contribution is 6.30. The molecule has 1 atom stereocenters. The summed E-state index contributed by atoms with van der Waals surface area (Å²) >= 11 is 6.08. The van der Waals surface area contributed by atoms with Crippen molar-refractivity contribution in [2.45, 2.75) is 6.04 Å². The largest absolute Gasteiger partial charge is 0.336 e. The van der Waals surface area contributed by atoms with Gasteiger partial charge in [0.05, 0.1) is 11.6 Å². The van der Waals surface area contributed by atoms with Crippen molar-refractivity contribution in [2.24, 2.45) is 0 Å². The van der Waals surface area contributed by atoms with Gasteiger partial charge in [-0.3, -0.25) is 9.69 Å². The number of hydrogen-bond donors (Lipinski definition) is 0. The Hall–Kier alpha value is -2.76. The minimum atomic E-state index is -0.719.